The van der Waals surface area contributed by atoms with E-state index >= 15 is 0 Å². The van der Waals surface area contributed by atoms with Crippen LogP contribution in [0.15, 0.2) is 0 Å². The van der Waals surface area contributed by atoms with Gasteiger partial charge in [-0.05, 0) is 34.2 Å². The highest BCUT2D eigenvalue weighted by Crippen LogP contribution is 2.31. The van der Waals surface area contributed by atoms with Gasteiger partial charge in [-0.15, -0.1) is 10.2 Å². The monoisotopic (exact) mass is 359 g/mol. The molecule has 0 aromatic carbocycles. The zero-order chi connectivity index (χ0) is 18.4. The van der Waals surface area contributed by atoms with Crippen LogP contribution < -0.4 is 0 Å². The summed E-state index contributed by atoms with van der Waals surface area (Å²) in [5.74, 6) is 2.03. The third-order valence-electron chi connectivity index (χ3n) is 5.90. The largest absolute Gasteiger partial charge is 0.392 e. The van der Waals surface area contributed by atoms with Gasteiger partial charge in [0.1, 0.15) is 5.82 Å². The Morgan fingerprint density at radius 3 is 2.65 bits per heavy atom. The molecule has 1 fully saturated rings. The third kappa shape index (κ3) is 2.95. The normalized spacial score (nSPS) is 24.3. The third-order valence-corrected chi connectivity index (χ3v) is 5.90. The molecule has 4 heterocycles. The van der Waals surface area contributed by atoms with Gasteiger partial charge in [0.25, 0.3) is 0 Å². The van der Waals surface area contributed by atoms with Crippen LogP contribution in [-0.4, -0.2) is 65.7 Å². The zero-order valence-corrected chi connectivity index (χ0v) is 16.2. The summed E-state index contributed by atoms with van der Waals surface area (Å²) < 4.78 is 4.33. The van der Waals surface area contributed by atoms with E-state index in [2.05, 4.69) is 62.2 Å². The van der Waals surface area contributed by atoms with E-state index in [4.69, 9.17) is 0 Å². The molecule has 8 heteroatoms. The molecule has 0 spiro atoms. The fourth-order valence-electron chi connectivity index (χ4n) is 4.38. The Balaban J connectivity index is 1.50. The van der Waals surface area contributed by atoms with Crippen molar-refractivity contribution in [2.75, 3.05) is 20.1 Å². The highest BCUT2D eigenvalue weighted by atomic mass is 16.3. The number of hydrogen-bond donors (Lipinski definition) is 1. The lowest BCUT2D eigenvalue weighted by Crippen LogP contribution is -2.35. The number of fused-ring (bicyclic) bond motifs is 1. The minimum Gasteiger partial charge on any atom is -0.392 e. The molecule has 0 radical (unpaired) electrons. The minimum absolute atomic E-state index is 0.171. The van der Waals surface area contributed by atoms with Crippen molar-refractivity contribution in [1.82, 2.24) is 34.3 Å². The zero-order valence-electron chi connectivity index (χ0n) is 16.2. The maximum atomic E-state index is 9.94. The number of aryl methyl sites for hydroxylation is 2. The summed E-state index contributed by atoms with van der Waals surface area (Å²) in [7, 11) is 2.05. The molecule has 2 aromatic heterocycles. The van der Waals surface area contributed by atoms with Crippen molar-refractivity contribution >= 4 is 0 Å². The maximum absolute atomic E-state index is 9.94. The van der Waals surface area contributed by atoms with Crippen molar-refractivity contribution in [3.05, 3.63) is 28.6 Å². The molecule has 8 nitrogen and oxygen atoms in total. The molecule has 2 atom stereocenters. The van der Waals surface area contributed by atoms with Gasteiger partial charge in [-0.1, -0.05) is 0 Å². The van der Waals surface area contributed by atoms with Crippen LogP contribution >= 0.6 is 0 Å². The predicted octanol–water partition coefficient (Wildman–Crippen LogP) is 0.865. The molecular formula is C18H29N7O. The molecule has 26 heavy (non-hydrogen) atoms. The number of rotatable bonds is 4. The van der Waals surface area contributed by atoms with Crippen molar-refractivity contribution in [2.24, 2.45) is 0 Å². The molecule has 2 aliphatic rings. The van der Waals surface area contributed by atoms with E-state index in [0.717, 1.165) is 56.5 Å². The van der Waals surface area contributed by atoms with Gasteiger partial charge in [0.15, 0.2) is 5.82 Å². The Kier molecular flexibility index (Phi) is 4.58. The Hall–Kier alpha value is -1.77. The lowest BCUT2D eigenvalue weighted by Gasteiger charge is -2.29. The maximum Gasteiger partial charge on any atom is 0.150 e. The van der Waals surface area contributed by atoms with Gasteiger partial charge in [-0.2, -0.15) is 5.10 Å². The lowest BCUT2D eigenvalue weighted by molar-refractivity contribution is 0.182. The van der Waals surface area contributed by atoms with E-state index in [-0.39, 0.29) is 12.1 Å². The lowest BCUT2D eigenvalue weighted by atomic mass is 10.1. The number of hydrogen-bond acceptors (Lipinski definition) is 6. The Labute approximate surface area is 154 Å². The Morgan fingerprint density at radius 2 is 2.00 bits per heavy atom. The highest BCUT2D eigenvalue weighted by molar-refractivity contribution is 5.24. The SMILES string of the molecule is CCn1nc(C)c(CN2CCn3c(nnc3[C@@H]3C[C@@H](O)CN3C)C2)c1C. The van der Waals surface area contributed by atoms with Crippen LogP contribution in [0.5, 0.6) is 0 Å². The first kappa shape index (κ1) is 17.6. The second-order valence-corrected chi connectivity index (χ2v) is 7.65. The number of aliphatic hydroxyl groups excluding tert-OH is 1. The topological polar surface area (TPSA) is 75.2 Å². The summed E-state index contributed by atoms with van der Waals surface area (Å²) in [5.41, 5.74) is 3.72. The van der Waals surface area contributed by atoms with Crippen molar-refractivity contribution in [1.29, 1.82) is 0 Å². The summed E-state index contributed by atoms with van der Waals surface area (Å²) in [4.78, 5) is 4.61. The quantitative estimate of drug-likeness (QED) is 0.873. The van der Waals surface area contributed by atoms with Gasteiger partial charge >= 0.3 is 0 Å². The molecule has 2 aromatic rings. The number of aromatic nitrogens is 5. The van der Waals surface area contributed by atoms with Gasteiger partial charge in [0.2, 0.25) is 0 Å². The van der Waals surface area contributed by atoms with E-state index in [9.17, 15) is 5.11 Å². The van der Waals surface area contributed by atoms with Crippen LogP contribution in [0.4, 0.5) is 0 Å². The molecule has 0 saturated carbocycles. The molecule has 142 valence electrons. The highest BCUT2D eigenvalue weighted by Gasteiger charge is 2.34. The first-order chi connectivity index (χ1) is 12.5. The van der Waals surface area contributed by atoms with E-state index in [1.807, 2.05) is 0 Å². The van der Waals surface area contributed by atoms with Crippen LogP contribution in [0.2, 0.25) is 0 Å². The molecule has 0 unspecified atom stereocenters. The van der Waals surface area contributed by atoms with Crippen LogP contribution in [-0.2, 0) is 26.2 Å². The number of aliphatic hydroxyl groups is 1. The van der Waals surface area contributed by atoms with E-state index in [1.54, 1.807) is 0 Å². The van der Waals surface area contributed by atoms with Crippen LogP contribution in [0.25, 0.3) is 0 Å². The van der Waals surface area contributed by atoms with E-state index < -0.39 is 0 Å². The number of likely N-dealkylation sites (tertiary alicyclic amines) is 1. The minimum atomic E-state index is -0.265. The average molecular weight is 359 g/mol. The molecule has 0 amide bonds. The van der Waals surface area contributed by atoms with Gasteiger partial charge in [-0.3, -0.25) is 14.5 Å². The number of likely N-dealkylation sites (N-methyl/N-ethyl adjacent to an activating group) is 1. The fourth-order valence-corrected chi connectivity index (χ4v) is 4.38. The Bertz CT molecular complexity index is 796. The summed E-state index contributed by atoms with van der Waals surface area (Å²) >= 11 is 0. The van der Waals surface area contributed by atoms with Gasteiger partial charge in [0.05, 0.1) is 24.4 Å². The number of nitrogens with zero attached hydrogens (tertiary/aromatic N) is 7. The predicted molar refractivity (Wildman–Crippen MR) is 97.5 cm³/mol. The summed E-state index contributed by atoms with van der Waals surface area (Å²) in [6.07, 6.45) is 0.478. The van der Waals surface area contributed by atoms with E-state index in [1.165, 1.54) is 11.3 Å². The fraction of sp³-hybridized carbons (Fsp3) is 0.722. The average Bonchev–Trinajstić information content (AvgIpc) is 3.25. The van der Waals surface area contributed by atoms with Gasteiger partial charge in [-0.25, -0.2) is 0 Å². The van der Waals surface area contributed by atoms with Crippen LogP contribution in [0.3, 0.4) is 0 Å². The smallest absolute Gasteiger partial charge is 0.150 e. The molecule has 1 saturated heterocycles. The standard InChI is InChI=1S/C18H29N7O/c1-5-25-13(3)15(12(2)21-25)10-23-6-7-24-17(11-23)19-20-18(24)16-8-14(26)9-22(16)4/h14,16,26H,5-11H2,1-4H3/t14-,16+/m1/s1. The second kappa shape index (κ2) is 6.75. The van der Waals surface area contributed by atoms with Crippen molar-refractivity contribution in [3.63, 3.8) is 0 Å². The molecule has 4 rings (SSSR count). The van der Waals surface area contributed by atoms with E-state index in [0.29, 0.717) is 6.54 Å². The molecule has 2 aliphatic heterocycles. The molecular weight excluding hydrogens is 330 g/mol. The van der Waals surface area contributed by atoms with Crippen LogP contribution in [0.1, 0.15) is 48.0 Å². The number of β-amino-alcohol motifs (C(OH)–C–C–N with tert-alkyl or cyclic N) is 1. The summed E-state index contributed by atoms with van der Waals surface area (Å²) in [6, 6.07) is 0.171. The van der Waals surface area contributed by atoms with Gasteiger partial charge in [0, 0.05) is 44.0 Å². The van der Waals surface area contributed by atoms with Crippen LogP contribution in [0, 0.1) is 13.8 Å². The molecule has 0 bridgehead atoms. The summed E-state index contributed by atoms with van der Waals surface area (Å²) in [5, 5.41) is 23.5. The first-order valence-electron chi connectivity index (χ1n) is 9.53. The first-order valence-corrected chi connectivity index (χ1v) is 9.53. The van der Waals surface area contributed by atoms with Crippen molar-refractivity contribution in [3.8, 4) is 0 Å². The molecule has 1 N–H and O–H groups in total. The second-order valence-electron chi connectivity index (χ2n) is 7.65. The summed E-state index contributed by atoms with van der Waals surface area (Å²) in [6.45, 7) is 11.6. The molecule has 0 aliphatic carbocycles. The van der Waals surface area contributed by atoms with Gasteiger partial charge < -0.3 is 9.67 Å². The van der Waals surface area contributed by atoms with Crippen molar-refractivity contribution in [2.45, 2.75) is 65.5 Å². The Morgan fingerprint density at radius 1 is 1.19 bits per heavy atom. The van der Waals surface area contributed by atoms with Crippen molar-refractivity contribution < 1.29 is 5.11 Å².